The van der Waals surface area contributed by atoms with Crippen LogP contribution in [0, 0.1) is 20.8 Å². The molecule has 1 fully saturated rings. The third-order valence-corrected chi connectivity index (χ3v) is 3.98. The van der Waals surface area contributed by atoms with Gasteiger partial charge in [0.05, 0.1) is 5.71 Å². The molecule has 0 spiro atoms. The Morgan fingerprint density at radius 2 is 1.91 bits per heavy atom. The van der Waals surface area contributed by atoms with E-state index in [4.69, 9.17) is 0 Å². The lowest BCUT2D eigenvalue weighted by atomic mass is 10.0. The highest BCUT2D eigenvalue weighted by molar-refractivity contribution is 6.00. The summed E-state index contributed by atoms with van der Waals surface area (Å²) in [6, 6.07) is 8.47. The van der Waals surface area contributed by atoms with Crippen molar-refractivity contribution < 1.29 is 0 Å². The summed E-state index contributed by atoms with van der Waals surface area (Å²) < 4.78 is 0. The molecule has 1 heterocycles. The summed E-state index contributed by atoms with van der Waals surface area (Å²) in [4.78, 5) is 8.99. The number of benzene rings is 1. The van der Waals surface area contributed by atoms with Crippen molar-refractivity contribution in [1.29, 1.82) is 0 Å². The zero-order valence-electron chi connectivity index (χ0n) is 13.6. The third-order valence-electron chi connectivity index (χ3n) is 3.98. The largest absolute Gasteiger partial charge is 0.245 e. The molecule has 1 aromatic carbocycles. The number of rotatable bonds is 4. The molecule has 1 aliphatic rings. The molecule has 0 unspecified atom stereocenters. The molecule has 22 heavy (non-hydrogen) atoms. The quantitative estimate of drug-likeness (QED) is 0.682. The maximum absolute atomic E-state index is 4.57. The second-order valence-electron chi connectivity index (χ2n) is 6.16. The van der Waals surface area contributed by atoms with Crippen LogP contribution >= 0.6 is 0 Å². The zero-order chi connectivity index (χ0) is 15.7. The van der Waals surface area contributed by atoms with Crippen LogP contribution in [0.15, 0.2) is 29.4 Å². The molecule has 0 saturated heterocycles. The van der Waals surface area contributed by atoms with Gasteiger partial charge in [0.15, 0.2) is 0 Å². The molecule has 0 amide bonds. The highest BCUT2D eigenvalue weighted by Crippen LogP contribution is 2.39. The molecule has 4 heteroatoms. The Labute approximate surface area is 131 Å². The fourth-order valence-electron chi connectivity index (χ4n) is 2.55. The zero-order valence-corrected chi connectivity index (χ0v) is 13.6. The average molecular weight is 294 g/mol. The molecule has 0 atom stereocenters. The summed E-state index contributed by atoms with van der Waals surface area (Å²) in [7, 11) is 0. The molecule has 0 aliphatic heterocycles. The Kier molecular flexibility index (Phi) is 3.92. The van der Waals surface area contributed by atoms with Gasteiger partial charge in [-0.25, -0.2) is 15.4 Å². The molecule has 4 nitrogen and oxygen atoms in total. The maximum Gasteiger partial charge on any atom is 0.243 e. The monoisotopic (exact) mass is 294 g/mol. The predicted molar refractivity (Wildman–Crippen MR) is 90.5 cm³/mol. The molecule has 0 radical (unpaired) electrons. The fourth-order valence-corrected chi connectivity index (χ4v) is 2.55. The summed E-state index contributed by atoms with van der Waals surface area (Å²) in [6.07, 6.45) is 2.47. The van der Waals surface area contributed by atoms with Crippen LogP contribution in [0.25, 0.3) is 0 Å². The van der Waals surface area contributed by atoms with Gasteiger partial charge in [-0.3, -0.25) is 0 Å². The van der Waals surface area contributed by atoms with Crippen molar-refractivity contribution in [2.45, 2.75) is 46.5 Å². The van der Waals surface area contributed by atoms with Crippen molar-refractivity contribution in [2.75, 3.05) is 5.43 Å². The molecular weight excluding hydrogens is 272 g/mol. The van der Waals surface area contributed by atoms with Crippen LogP contribution in [-0.4, -0.2) is 15.7 Å². The van der Waals surface area contributed by atoms with Gasteiger partial charge in [0.25, 0.3) is 0 Å². The van der Waals surface area contributed by atoms with Crippen molar-refractivity contribution in [1.82, 2.24) is 9.97 Å². The van der Waals surface area contributed by atoms with Crippen LogP contribution in [0.2, 0.25) is 0 Å². The lowest BCUT2D eigenvalue weighted by Crippen LogP contribution is -2.06. The Morgan fingerprint density at radius 3 is 2.64 bits per heavy atom. The number of nitrogens with zero attached hydrogens (tertiary/aromatic N) is 3. The van der Waals surface area contributed by atoms with Crippen LogP contribution in [0.4, 0.5) is 5.95 Å². The van der Waals surface area contributed by atoms with E-state index in [1.165, 1.54) is 24.0 Å². The number of aromatic nitrogens is 2. The normalized spacial score (nSPS) is 15.0. The summed E-state index contributed by atoms with van der Waals surface area (Å²) in [5.41, 5.74) is 9.69. The molecule has 1 aromatic heterocycles. The molecule has 1 N–H and O–H groups in total. The van der Waals surface area contributed by atoms with E-state index in [1.807, 2.05) is 13.8 Å². The number of hydrazone groups is 1. The van der Waals surface area contributed by atoms with E-state index in [1.54, 1.807) is 0 Å². The second kappa shape index (κ2) is 5.87. The number of aryl methyl sites for hydroxylation is 3. The van der Waals surface area contributed by atoms with Gasteiger partial charge < -0.3 is 0 Å². The number of anilines is 1. The summed E-state index contributed by atoms with van der Waals surface area (Å²) in [5.74, 6) is 1.21. The van der Waals surface area contributed by atoms with Crippen molar-refractivity contribution in [2.24, 2.45) is 5.10 Å². The van der Waals surface area contributed by atoms with E-state index in [2.05, 4.69) is 58.6 Å². The van der Waals surface area contributed by atoms with Crippen molar-refractivity contribution >= 4 is 11.7 Å². The first-order chi connectivity index (χ1) is 10.5. The Hall–Kier alpha value is -2.23. The highest BCUT2D eigenvalue weighted by atomic mass is 15.4. The lowest BCUT2D eigenvalue weighted by Gasteiger charge is -2.08. The smallest absolute Gasteiger partial charge is 0.243 e. The molecule has 114 valence electrons. The standard InChI is InChI=1S/C18H22N4/c1-11-5-6-12(2)16(9-11)14(4)21-22-18-19-13(3)10-17(20-18)15-7-8-15/h5-6,9-10,15H,7-8H2,1-4H3,(H,19,20,22). The number of hydrogen-bond donors (Lipinski definition) is 1. The van der Waals surface area contributed by atoms with Crippen LogP contribution in [0.5, 0.6) is 0 Å². The molecule has 1 saturated carbocycles. The minimum absolute atomic E-state index is 0.589. The van der Waals surface area contributed by atoms with Crippen LogP contribution < -0.4 is 5.43 Å². The molecular formula is C18H22N4. The minimum Gasteiger partial charge on any atom is -0.245 e. The predicted octanol–water partition coefficient (Wildman–Crippen LogP) is 4.12. The molecule has 1 aliphatic carbocycles. The Morgan fingerprint density at radius 1 is 1.14 bits per heavy atom. The topological polar surface area (TPSA) is 50.2 Å². The second-order valence-corrected chi connectivity index (χ2v) is 6.16. The molecule has 2 aromatic rings. The van der Waals surface area contributed by atoms with E-state index >= 15 is 0 Å². The van der Waals surface area contributed by atoms with E-state index < -0.39 is 0 Å². The summed E-state index contributed by atoms with van der Waals surface area (Å²) in [6.45, 7) is 8.20. The molecule has 0 bridgehead atoms. The van der Waals surface area contributed by atoms with Crippen molar-refractivity contribution in [3.8, 4) is 0 Å². The maximum atomic E-state index is 4.57. The van der Waals surface area contributed by atoms with Gasteiger partial charge >= 0.3 is 0 Å². The highest BCUT2D eigenvalue weighted by Gasteiger charge is 2.25. The van der Waals surface area contributed by atoms with Gasteiger partial charge in [0.2, 0.25) is 5.95 Å². The van der Waals surface area contributed by atoms with Crippen LogP contribution in [0.1, 0.15) is 53.8 Å². The van der Waals surface area contributed by atoms with Crippen molar-refractivity contribution in [3.05, 3.63) is 52.3 Å². The Balaban J connectivity index is 1.82. The van der Waals surface area contributed by atoms with Gasteiger partial charge in [-0.05, 0) is 58.2 Å². The lowest BCUT2D eigenvalue weighted by molar-refractivity contribution is 0.960. The number of nitrogens with one attached hydrogen (secondary N) is 1. The van der Waals surface area contributed by atoms with Crippen LogP contribution in [0.3, 0.4) is 0 Å². The SMILES string of the molecule is CC(=NNc1nc(C)cc(C2CC2)n1)c1cc(C)ccc1C. The van der Waals surface area contributed by atoms with Gasteiger partial charge in [-0.15, -0.1) is 0 Å². The van der Waals surface area contributed by atoms with E-state index in [0.717, 1.165) is 22.7 Å². The van der Waals surface area contributed by atoms with E-state index in [0.29, 0.717) is 11.9 Å². The van der Waals surface area contributed by atoms with E-state index in [9.17, 15) is 0 Å². The van der Waals surface area contributed by atoms with Crippen LogP contribution in [-0.2, 0) is 0 Å². The van der Waals surface area contributed by atoms with Gasteiger partial charge in [-0.1, -0.05) is 17.7 Å². The first-order valence-electron chi connectivity index (χ1n) is 7.76. The van der Waals surface area contributed by atoms with Crippen molar-refractivity contribution in [3.63, 3.8) is 0 Å². The Bertz CT molecular complexity index is 730. The third kappa shape index (κ3) is 3.32. The first-order valence-corrected chi connectivity index (χ1v) is 7.76. The summed E-state index contributed by atoms with van der Waals surface area (Å²) in [5, 5.41) is 4.47. The minimum atomic E-state index is 0.589. The first kappa shape index (κ1) is 14.7. The fraction of sp³-hybridized carbons (Fsp3) is 0.389. The van der Waals surface area contributed by atoms with Gasteiger partial charge in [-0.2, -0.15) is 5.10 Å². The average Bonchev–Trinajstić information content (AvgIpc) is 3.31. The van der Waals surface area contributed by atoms with E-state index in [-0.39, 0.29) is 0 Å². The van der Waals surface area contributed by atoms with Gasteiger partial charge in [0.1, 0.15) is 0 Å². The number of hydrogen-bond acceptors (Lipinski definition) is 4. The molecule has 3 rings (SSSR count). The van der Waals surface area contributed by atoms with Gasteiger partial charge in [0, 0.05) is 22.9 Å². The summed E-state index contributed by atoms with van der Waals surface area (Å²) >= 11 is 0.